The van der Waals surface area contributed by atoms with E-state index in [-0.39, 0.29) is 23.8 Å². The normalized spacial score (nSPS) is 27.3. The summed E-state index contributed by atoms with van der Waals surface area (Å²) in [5, 5.41) is 2.89. The van der Waals surface area contributed by atoms with Gasteiger partial charge in [0.2, 0.25) is 11.8 Å². The van der Waals surface area contributed by atoms with Gasteiger partial charge in [-0.3, -0.25) is 9.59 Å². The Bertz CT molecular complexity index is 605. The lowest BCUT2D eigenvalue weighted by Crippen LogP contribution is -2.46. The summed E-state index contributed by atoms with van der Waals surface area (Å²) in [5.74, 6) is 0.318. The monoisotopic (exact) mass is 317 g/mol. The molecule has 0 bridgehead atoms. The summed E-state index contributed by atoms with van der Waals surface area (Å²) < 4.78 is 5.32. The zero-order chi connectivity index (χ0) is 16.4. The fourth-order valence-corrected chi connectivity index (χ4v) is 3.50. The highest BCUT2D eigenvalue weighted by Gasteiger charge is 2.37. The molecule has 3 rings (SSSR count). The van der Waals surface area contributed by atoms with Crippen LogP contribution in [-0.2, 0) is 9.59 Å². The van der Waals surface area contributed by atoms with Crippen molar-refractivity contribution in [3.05, 3.63) is 24.3 Å². The molecule has 124 valence electrons. The van der Waals surface area contributed by atoms with E-state index in [0.29, 0.717) is 18.7 Å². The molecule has 2 amide bonds. The number of methoxy groups -OCH3 is 1. The van der Waals surface area contributed by atoms with Crippen molar-refractivity contribution in [1.82, 2.24) is 5.32 Å². The van der Waals surface area contributed by atoms with Gasteiger partial charge >= 0.3 is 0 Å². The molecule has 2 aliphatic rings. The number of para-hydroxylation sites is 2. The number of ether oxygens (including phenoxy) is 1. The molecule has 3 unspecified atom stereocenters. The van der Waals surface area contributed by atoms with Crippen LogP contribution in [0.3, 0.4) is 0 Å². The van der Waals surface area contributed by atoms with E-state index in [1.165, 1.54) is 0 Å². The molecule has 0 radical (unpaired) electrons. The van der Waals surface area contributed by atoms with Crippen LogP contribution in [0.4, 0.5) is 5.69 Å². The molecule has 0 spiro atoms. The fourth-order valence-electron chi connectivity index (χ4n) is 3.50. The maximum absolute atomic E-state index is 12.6. The Morgan fingerprint density at radius 2 is 2.09 bits per heavy atom. The first-order chi connectivity index (χ1) is 11.1. The minimum Gasteiger partial charge on any atom is -0.495 e. The minimum atomic E-state index is -0.472. The molecule has 1 aromatic rings. The maximum atomic E-state index is 12.6. The number of benzene rings is 1. The average Bonchev–Trinajstić information content (AvgIpc) is 3.14. The van der Waals surface area contributed by atoms with Gasteiger partial charge in [-0.2, -0.15) is 0 Å². The van der Waals surface area contributed by atoms with E-state index in [1.54, 1.807) is 12.0 Å². The number of hydrogen-bond acceptors (Lipinski definition) is 4. The summed E-state index contributed by atoms with van der Waals surface area (Å²) in [6.45, 7) is 0.570. The van der Waals surface area contributed by atoms with Crippen molar-refractivity contribution in [2.24, 2.45) is 11.7 Å². The Morgan fingerprint density at radius 1 is 1.30 bits per heavy atom. The lowest BCUT2D eigenvalue weighted by Gasteiger charge is -2.21. The highest BCUT2D eigenvalue weighted by atomic mass is 16.5. The lowest BCUT2D eigenvalue weighted by atomic mass is 10.0. The Labute approximate surface area is 136 Å². The van der Waals surface area contributed by atoms with Gasteiger partial charge in [-0.05, 0) is 31.4 Å². The van der Waals surface area contributed by atoms with Gasteiger partial charge in [0, 0.05) is 12.6 Å². The predicted molar refractivity (Wildman–Crippen MR) is 87.2 cm³/mol. The molecule has 0 aromatic heterocycles. The summed E-state index contributed by atoms with van der Waals surface area (Å²) >= 11 is 0. The van der Waals surface area contributed by atoms with Crippen LogP contribution in [0.25, 0.3) is 0 Å². The Balaban J connectivity index is 1.68. The van der Waals surface area contributed by atoms with Gasteiger partial charge in [-0.1, -0.05) is 18.6 Å². The number of nitrogens with zero attached hydrogens (tertiary/aromatic N) is 1. The molecule has 1 aliphatic carbocycles. The maximum Gasteiger partial charge on any atom is 0.249 e. The average molecular weight is 317 g/mol. The van der Waals surface area contributed by atoms with E-state index in [1.807, 2.05) is 24.3 Å². The van der Waals surface area contributed by atoms with Crippen LogP contribution in [0.2, 0.25) is 0 Å². The first kappa shape index (κ1) is 15.8. The predicted octanol–water partition coefficient (Wildman–Crippen LogP) is 1.04. The van der Waals surface area contributed by atoms with E-state index < -0.39 is 6.04 Å². The lowest BCUT2D eigenvalue weighted by molar-refractivity contribution is -0.129. The number of carbonyl (C=O) groups excluding carboxylic acids is 2. The summed E-state index contributed by atoms with van der Waals surface area (Å²) in [6.07, 6.45) is 3.27. The number of hydrogen-bond donors (Lipinski definition) is 2. The molecule has 1 saturated heterocycles. The zero-order valence-corrected chi connectivity index (χ0v) is 13.3. The van der Waals surface area contributed by atoms with Crippen molar-refractivity contribution in [3.8, 4) is 5.75 Å². The number of nitrogens with one attached hydrogen (secondary N) is 1. The van der Waals surface area contributed by atoms with Crippen LogP contribution in [-0.4, -0.2) is 37.6 Å². The summed E-state index contributed by atoms with van der Waals surface area (Å²) in [5.41, 5.74) is 6.72. The molecule has 3 N–H and O–H groups in total. The van der Waals surface area contributed by atoms with Crippen molar-refractivity contribution in [2.75, 3.05) is 18.6 Å². The van der Waals surface area contributed by atoms with Gasteiger partial charge in [0.1, 0.15) is 11.8 Å². The van der Waals surface area contributed by atoms with Crippen molar-refractivity contribution in [2.45, 2.75) is 37.8 Å². The minimum absolute atomic E-state index is 0.0863. The summed E-state index contributed by atoms with van der Waals surface area (Å²) in [7, 11) is 1.58. The molecular weight excluding hydrogens is 294 g/mol. The van der Waals surface area contributed by atoms with Crippen molar-refractivity contribution >= 4 is 17.5 Å². The second-order valence-corrected chi connectivity index (χ2v) is 6.21. The molecule has 6 nitrogen and oxygen atoms in total. The van der Waals surface area contributed by atoms with Crippen LogP contribution in [0.1, 0.15) is 25.7 Å². The standard InChI is InChI=1S/C17H23N3O3/c1-23-15-8-3-2-7-14(15)20-10-9-13(17(20)22)19-16(21)11-5-4-6-12(11)18/h2-3,7-8,11-13H,4-6,9-10,18H2,1H3,(H,19,21). The van der Waals surface area contributed by atoms with Gasteiger partial charge in [0.15, 0.2) is 0 Å². The quantitative estimate of drug-likeness (QED) is 0.869. The van der Waals surface area contributed by atoms with E-state index in [2.05, 4.69) is 5.32 Å². The molecule has 23 heavy (non-hydrogen) atoms. The number of nitrogens with two attached hydrogens (primary N) is 1. The van der Waals surface area contributed by atoms with Crippen molar-refractivity contribution in [3.63, 3.8) is 0 Å². The van der Waals surface area contributed by atoms with E-state index in [4.69, 9.17) is 10.5 Å². The SMILES string of the molecule is COc1ccccc1N1CCC(NC(=O)C2CCCC2N)C1=O. The number of carbonyl (C=O) groups is 2. The Hall–Kier alpha value is -2.08. The van der Waals surface area contributed by atoms with Crippen LogP contribution >= 0.6 is 0 Å². The van der Waals surface area contributed by atoms with Crippen LogP contribution in [0.15, 0.2) is 24.3 Å². The van der Waals surface area contributed by atoms with Gasteiger partial charge < -0.3 is 20.7 Å². The summed E-state index contributed by atoms with van der Waals surface area (Å²) in [4.78, 5) is 26.6. The first-order valence-electron chi connectivity index (χ1n) is 8.12. The molecule has 1 aromatic carbocycles. The second-order valence-electron chi connectivity index (χ2n) is 6.21. The van der Waals surface area contributed by atoms with Gasteiger partial charge in [0.05, 0.1) is 18.7 Å². The largest absolute Gasteiger partial charge is 0.495 e. The molecule has 6 heteroatoms. The zero-order valence-electron chi connectivity index (χ0n) is 13.3. The van der Waals surface area contributed by atoms with E-state index in [9.17, 15) is 9.59 Å². The molecule has 1 heterocycles. The highest BCUT2D eigenvalue weighted by Crippen LogP contribution is 2.31. The van der Waals surface area contributed by atoms with Gasteiger partial charge in [0.25, 0.3) is 0 Å². The fraction of sp³-hybridized carbons (Fsp3) is 0.529. The molecule has 1 saturated carbocycles. The van der Waals surface area contributed by atoms with Crippen molar-refractivity contribution < 1.29 is 14.3 Å². The number of rotatable bonds is 4. The third-order valence-electron chi connectivity index (χ3n) is 4.80. The molecule has 3 atom stereocenters. The highest BCUT2D eigenvalue weighted by molar-refractivity contribution is 6.02. The number of amides is 2. The Morgan fingerprint density at radius 3 is 2.78 bits per heavy atom. The van der Waals surface area contributed by atoms with E-state index in [0.717, 1.165) is 24.9 Å². The van der Waals surface area contributed by atoms with Crippen LogP contribution in [0, 0.1) is 5.92 Å². The molecule has 2 fully saturated rings. The summed E-state index contributed by atoms with van der Waals surface area (Å²) in [6, 6.07) is 6.86. The van der Waals surface area contributed by atoms with Crippen LogP contribution in [0.5, 0.6) is 5.75 Å². The van der Waals surface area contributed by atoms with E-state index >= 15 is 0 Å². The number of anilines is 1. The third kappa shape index (κ3) is 3.03. The molecular formula is C17H23N3O3. The molecule has 1 aliphatic heterocycles. The van der Waals surface area contributed by atoms with Gasteiger partial charge in [-0.25, -0.2) is 0 Å². The van der Waals surface area contributed by atoms with Crippen LogP contribution < -0.4 is 20.7 Å². The smallest absolute Gasteiger partial charge is 0.249 e. The first-order valence-corrected chi connectivity index (χ1v) is 8.12. The second kappa shape index (κ2) is 6.58. The Kier molecular flexibility index (Phi) is 4.52. The third-order valence-corrected chi connectivity index (χ3v) is 4.80. The van der Waals surface area contributed by atoms with Gasteiger partial charge in [-0.15, -0.1) is 0 Å². The van der Waals surface area contributed by atoms with Crippen molar-refractivity contribution in [1.29, 1.82) is 0 Å². The topological polar surface area (TPSA) is 84.7 Å².